The fourth-order valence-corrected chi connectivity index (χ4v) is 3.35. The van der Waals surface area contributed by atoms with Gasteiger partial charge in [-0.2, -0.15) is 0 Å². The van der Waals surface area contributed by atoms with E-state index in [1.54, 1.807) is 60.7 Å². The van der Waals surface area contributed by atoms with E-state index in [2.05, 4.69) is 21.2 Å². The van der Waals surface area contributed by atoms with Crippen molar-refractivity contribution in [2.45, 2.75) is 12.2 Å². The monoisotopic (exact) mass is 542 g/mol. The number of methoxy groups -OCH3 is 1. The third kappa shape index (κ3) is 7.49. The average Bonchev–Trinajstić information content (AvgIpc) is 2.87. The van der Waals surface area contributed by atoms with Gasteiger partial charge in [-0.3, -0.25) is 15.3 Å². The van der Waals surface area contributed by atoms with Gasteiger partial charge >= 0.3 is 6.09 Å². The summed E-state index contributed by atoms with van der Waals surface area (Å²) in [6.45, 7) is 0. The highest BCUT2D eigenvalue weighted by Gasteiger charge is 2.29. The fraction of sp³-hybridized carbons (Fsp3) is 0.120. The molecule has 2 atom stereocenters. The SMILES string of the molecule is COc1ccc([C@H](OC(=O)Nc2ccc(Br)cc2)[C@H](/C=C/C(=O)NO)Oc2ccccc2)cc1O. The lowest BCUT2D eigenvalue weighted by atomic mass is 10.0. The second-order valence-corrected chi connectivity index (χ2v) is 8.04. The Bertz CT molecular complexity index is 1170. The molecule has 4 N–H and O–H groups in total. The fourth-order valence-electron chi connectivity index (χ4n) is 3.08. The van der Waals surface area contributed by atoms with Gasteiger partial charge in [-0.05, 0) is 54.6 Å². The number of hydroxylamine groups is 1. The molecule has 0 bridgehead atoms. The second kappa shape index (κ2) is 12.4. The van der Waals surface area contributed by atoms with E-state index in [-0.39, 0.29) is 11.5 Å². The Balaban J connectivity index is 1.97. The summed E-state index contributed by atoms with van der Waals surface area (Å²) in [7, 11) is 1.41. The number of rotatable bonds is 9. The Morgan fingerprint density at radius 3 is 2.37 bits per heavy atom. The lowest BCUT2D eigenvalue weighted by Gasteiger charge is -2.26. The van der Waals surface area contributed by atoms with Gasteiger partial charge in [-0.1, -0.05) is 40.2 Å². The number of benzene rings is 3. The number of amides is 2. The molecule has 0 heterocycles. The normalized spacial score (nSPS) is 12.4. The Kier molecular flexibility index (Phi) is 9.10. The topological polar surface area (TPSA) is 126 Å². The smallest absolute Gasteiger partial charge is 0.412 e. The molecule has 10 heteroatoms. The number of hydrogen-bond donors (Lipinski definition) is 4. The number of ether oxygens (including phenoxy) is 3. The summed E-state index contributed by atoms with van der Waals surface area (Å²) in [6, 6.07) is 20.1. The zero-order chi connectivity index (χ0) is 25.2. The Morgan fingerprint density at radius 1 is 1.03 bits per heavy atom. The molecule has 3 aromatic carbocycles. The number of halogens is 1. The average molecular weight is 543 g/mol. The summed E-state index contributed by atoms with van der Waals surface area (Å²) < 4.78 is 17.7. The summed E-state index contributed by atoms with van der Waals surface area (Å²) in [6.07, 6.45) is -0.574. The van der Waals surface area contributed by atoms with E-state index >= 15 is 0 Å². The largest absolute Gasteiger partial charge is 0.504 e. The highest BCUT2D eigenvalue weighted by Crippen LogP contribution is 2.33. The van der Waals surface area contributed by atoms with E-state index in [1.165, 1.54) is 30.8 Å². The van der Waals surface area contributed by atoms with E-state index < -0.39 is 24.2 Å². The van der Waals surface area contributed by atoms with Gasteiger partial charge in [0.2, 0.25) is 0 Å². The Morgan fingerprint density at radius 2 is 1.74 bits per heavy atom. The minimum atomic E-state index is -1.12. The summed E-state index contributed by atoms with van der Waals surface area (Å²) in [5.41, 5.74) is 2.36. The predicted octanol–water partition coefficient (Wildman–Crippen LogP) is 4.96. The lowest BCUT2D eigenvalue weighted by molar-refractivity contribution is -0.124. The molecule has 0 aliphatic heterocycles. The third-order valence-corrected chi connectivity index (χ3v) is 5.25. The first-order valence-corrected chi connectivity index (χ1v) is 11.1. The van der Waals surface area contributed by atoms with Gasteiger partial charge in [0.1, 0.15) is 5.75 Å². The molecule has 0 radical (unpaired) electrons. The molecule has 182 valence electrons. The van der Waals surface area contributed by atoms with E-state index in [0.29, 0.717) is 17.0 Å². The third-order valence-electron chi connectivity index (χ3n) is 4.72. The molecule has 0 spiro atoms. The van der Waals surface area contributed by atoms with Crippen LogP contribution in [-0.4, -0.2) is 35.5 Å². The zero-order valence-electron chi connectivity index (χ0n) is 18.6. The van der Waals surface area contributed by atoms with Crippen LogP contribution in [0.2, 0.25) is 0 Å². The van der Waals surface area contributed by atoms with Crippen LogP contribution in [0.15, 0.2) is 89.4 Å². The first kappa shape index (κ1) is 25.6. The number of para-hydroxylation sites is 1. The number of nitrogens with one attached hydrogen (secondary N) is 2. The summed E-state index contributed by atoms with van der Waals surface area (Å²) >= 11 is 3.33. The van der Waals surface area contributed by atoms with E-state index in [9.17, 15) is 14.7 Å². The van der Waals surface area contributed by atoms with Crippen molar-refractivity contribution in [2.24, 2.45) is 0 Å². The van der Waals surface area contributed by atoms with Crippen molar-refractivity contribution in [2.75, 3.05) is 12.4 Å². The number of anilines is 1. The highest BCUT2D eigenvalue weighted by molar-refractivity contribution is 9.10. The maximum absolute atomic E-state index is 12.8. The van der Waals surface area contributed by atoms with Crippen LogP contribution in [-0.2, 0) is 9.53 Å². The minimum Gasteiger partial charge on any atom is -0.504 e. The molecule has 9 nitrogen and oxygen atoms in total. The van der Waals surface area contributed by atoms with Crippen LogP contribution < -0.4 is 20.3 Å². The first-order valence-electron chi connectivity index (χ1n) is 10.3. The number of aromatic hydroxyl groups is 1. The maximum Gasteiger partial charge on any atom is 0.412 e. The number of phenolic OH excluding ortho intramolecular Hbond substituents is 1. The quantitative estimate of drug-likeness (QED) is 0.171. The van der Waals surface area contributed by atoms with Gasteiger partial charge in [-0.25, -0.2) is 10.3 Å². The lowest BCUT2D eigenvalue weighted by Crippen LogP contribution is -2.30. The van der Waals surface area contributed by atoms with Crippen molar-refractivity contribution >= 4 is 33.6 Å². The van der Waals surface area contributed by atoms with Crippen molar-refractivity contribution in [3.63, 3.8) is 0 Å². The van der Waals surface area contributed by atoms with Gasteiger partial charge in [0.05, 0.1) is 7.11 Å². The number of phenols is 1. The van der Waals surface area contributed by atoms with Gasteiger partial charge < -0.3 is 19.3 Å². The molecule has 2 amide bonds. The molecule has 0 aromatic heterocycles. The van der Waals surface area contributed by atoms with Crippen molar-refractivity contribution in [1.29, 1.82) is 0 Å². The van der Waals surface area contributed by atoms with E-state index in [0.717, 1.165) is 10.5 Å². The molecule has 3 aromatic rings. The maximum atomic E-state index is 12.8. The summed E-state index contributed by atoms with van der Waals surface area (Å²) in [5.74, 6) is -0.321. The zero-order valence-corrected chi connectivity index (χ0v) is 20.1. The van der Waals surface area contributed by atoms with E-state index in [4.69, 9.17) is 19.4 Å². The van der Waals surface area contributed by atoms with Crippen LogP contribution in [0.3, 0.4) is 0 Å². The molecule has 0 fully saturated rings. The molecule has 0 aliphatic rings. The van der Waals surface area contributed by atoms with Crippen LogP contribution in [0.4, 0.5) is 10.5 Å². The summed E-state index contributed by atoms with van der Waals surface area (Å²) in [4.78, 5) is 24.5. The molecule has 35 heavy (non-hydrogen) atoms. The number of carbonyl (C=O) groups is 2. The predicted molar refractivity (Wildman–Crippen MR) is 132 cm³/mol. The summed E-state index contributed by atoms with van der Waals surface area (Å²) in [5, 5.41) is 21.8. The molecular weight excluding hydrogens is 520 g/mol. The van der Waals surface area contributed by atoms with Gasteiger partial charge in [0.15, 0.2) is 23.7 Å². The highest BCUT2D eigenvalue weighted by atomic mass is 79.9. The Labute approximate surface area is 210 Å². The molecule has 0 aliphatic carbocycles. The second-order valence-electron chi connectivity index (χ2n) is 7.12. The van der Waals surface area contributed by atoms with Gasteiger partial charge in [0, 0.05) is 21.8 Å². The van der Waals surface area contributed by atoms with Crippen LogP contribution >= 0.6 is 15.9 Å². The van der Waals surface area contributed by atoms with Crippen LogP contribution in [0.25, 0.3) is 0 Å². The Hall–Kier alpha value is -4.02. The van der Waals surface area contributed by atoms with Crippen molar-refractivity contribution in [1.82, 2.24) is 5.48 Å². The van der Waals surface area contributed by atoms with E-state index in [1.807, 2.05) is 0 Å². The molecule has 0 unspecified atom stereocenters. The number of carbonyl (C=O) groups excluding carboxylic acids is 2. The standard InChI is InChI=1S/C25H23BrN2O7/c1-33-21-12-7-16(15-20(21)29)24(35-25(31)27-18-10-8-17(26)9-11-18)22(13-14-23(30)28-32)34-19-5-3-2-4-6-19/h2-15,22,24,29,32H,1H3,(H,27,31)(H,28,30)/b14-13+/t22-,24-/m0/s1. The van der Waals surface area contributed by atoms with Crippen molar-refractivity contribution in [3.8, 4) is 17.2 Å². The van der Waals surface area contributed by atoms with Crippen molar-refractivity contribution < 1.29 is 34.1 Å². The minimum absolute atomic E-state index is 0.178. The van der Waals surface area contributed by atoms with Gasteiger partial charge in [-0.15, -0.1) is 0 Å². The molecule has 3 rings (SSSR count). The first-order chi connectivity index (χ1) is 16.9. The van der Waals surface area contributed by atoms with Crippen LogP contribution in [0.5, 0.6) is 17.2 Å². The number of hydrogen-bond acceptors (Lipinski definition) is 7. The van der Waals surface area contributed by atoms with Crippen LogP contribution in [0, 0.1) is 0 Å². The molecular formula is C25H23BrN2O7. The van der Waals surface area contributed by atoms with Gasteiger partial charge in [0.25, 0.3) is 5.91 Å². The van der Waals surface area contributed by atoms with Crippen molar-refractivity contribution in [3.05, 3.63) is 95.0 Å². The molecule has 0 saturated carbocycles. The van der Waals surface area contributed by atoms with Crippen LogP contribution in [0.1, 0.15) is 11.7 Å². The molecule has 0 saturated heterocycles.